The molecule has 0 aliphatic carbocycles. The number of quaternary nitrogens is 1. The number of nitrogens with one attached hydrogen (secondary N) is 1. The first-order valence-corrected chi connectivity index (χ1v) is 4.57. The molecule has 0 spiro atoms. The van der Waals surface area contributed by atoms with E-state index in [2.05, 4.69) is 15.3 Å². The molecule has 3 N–H and O–H groups in total. The molecule has 0 saturated heterocycles. The van der Waals surface area contributed by atoms with Gasteiger partial charge in [0, 0.05) is 24.4 Å². The van der Waals surface area contributed by atoms with Crippen molar-refractivity contribution >= 4 is 17.2 Å². The fourth-order valence-electron chi connectivity index (χ4n) is 1.22. The number of pyridine rings is 2. The summed E-state index contributed by atoms with van der Waals surface area (Å²) in [7, 11) is 0. The second kappa shape index (κ2) is 4.65. The summed E-state index contributed by atoms with van der Waals surface area (Å²) in [6.45, 7) is 0. The van der Waals surface area contributed by atoms with Crippen molar-refractivity contribution in [2.75, 3.05) is 5.32 Å². The largest absolute Gasteiger partial charge is 0.630 e. The van der Waals surface area contributed by atoms with E-state index < -0.39 is 5.82 Å². The predicted octanol–water partition coefficient (Wildman–Crippen LogP) is 1.05. The first-order valence-electron chi connectivity index (χ1n) is 4.57. The molecule has 0 aliphatic heterocycles. The van der Waals surface area contributed by atoms with E-state index in [-0.39, 0.29) is 0 Å². The first kappa shape index (κ1) is 10.5. The van der Waals surface area contributed by atoms with Gasteiger partial charge in [-0.3, -0.25) is 4.98 Å². The van der Waals surface area contributed by atoms with Crippen molar-refractivity contribution < 1.29 is 9.87 Å². The van der Waals surface area contributed by atoms with Crippen molar-refractivity contribution in [3.63, 3.8) is 0 Å². The van der Waals surface area contributed by atoms with Crippen molar-refractivity contribution in [1.82, 2.24) is 9.97 Å². The van der Waals surface area contributed by atoms with Gasteiger partial charge in [0.15, 0.2) is 0 Å². The lowest BCUT2D eigenvalue weighted by atomic mass is 10.3. The summed E-state index contributed by atoms with van der Waals surface area (Å²) in [5.74, 6) is 0.0357. The average molecular weight is 220 g/mol. The number of hydrogen-bond donors (Lipinski definition) is 2. The Bertz CT molecular complexity index is 492. The van der Waals surface area contributed by atoms with Gasteiger partial charge < -0.3 is 16.0 Å². The molecule has 5 nitrogen and oxygen atoms in total. The predicted molar refractivity (Wildman–Crippen MR) is 56.7 cm³/mol. The van der Waals surface area contributed by atoms with Crippen LogP contribution in [0.1, 0.15) is 0 Å². The van der Waals surface area contributed by atoms with Crippen LogP contribution in [0.3, 0.4) is 0 Å². The minimum atomic E-state index is -0.434. The van der Waals surface area contributed by atoms with Gasteiger partial charge in [-0.15, -0.1) is 0 Å². The molecule has 0 radical (unpaired) electrons. The smallest absolute Gasteiger partial charge is 0.143 e. The number of aromatic nitrogens is 2. The third kappa shape index (κ3) is 2.50. The third-order valence-electron chi connectivity index (χ3n) is 1.90. The second-order valence-corrected chi connectivity index (χ2v) is 3.11. The van der Waals surface area contributed by atoms with E-state index in [1.807, 2.05) is 0 Å². The summed E-state index contributed by atoms with van der Waals surface area (Å²) >= 11 is 0. The van der Waals surface area contributed by atoms with Crippen LogP contribution in [0.4, 0.5) is 21.6 Å². The molecule has 2 aromatic heterocycles. The SMILES string of the molecule is [O-][NH2+]c1ccnc(Nc2cncc(F)c2)c1. The maximum atomic E-state index is 12.8. The minimum Gasteiger partial charge on any atom is -0.630 e. The Morgan fingerprint density at radius 1 is 1.31 bits per heavy atom. The van der Waals surface area contributed by atoms with Crippen LogP contribution >= 0.6 is 0 Å². The minimum absolute atomic E-state index is 0.434. The highest BCUT2D eigenvalue weighted by molar-refractivity contribution is 5.56. The summed E-state index contributed by atoms with van der Waals surface area (Å²) in [6.07, 6.45) is 4.08. The van der Waals surface area contributed by atoms with Crippen LogP contribution in [-0.2, 0) is 0 Å². The van der Waals surface area contributed by atoms with E-state index in [1.165, 1.54) is 18.5 Å². The Hall–Kier alpha value is -2.05. The molecule has 0 bridgehead atoms. The highest BCUT2D eigenvalue weighted by atomic mass is 19.1. The van der Waals surface area contributed by atoms with Gasteiger partial charge in [-0.05, 0) is 0 Å². The zero-order chi connectivity index (χ0) is 11.4. The van der Waals surface area contributed by atoms with Gasteiger partial charge in [0.2, 0.25) is 0 Å². The van der Waals surface area contributed by atoms with E-state index in [4.69, 9.17) is 0 Å². The van der Waals surface area contributed by atoms with Gasteiger partial charge in [-0.25, -0.2) is 9.37 Å². The summed E-state index contributed by atoms with van der Waals surface area (Å²) < 4.78 is 12.8. The van der Waals surface area contributed by atoms with E-state index in [1.54, 1.807) is 12.1 Å². The van der Waals surface area contributed by atoms with E-state index in [0.717, 1.165) is 11.7 Å². The zero-order valence-corrected chi connectivity index (χ0v) is 8.22. The van der Waals surface area contributed by atoms with Crippen molar-refractivity contribution in [3.8, 4) is 0 Å². The quantitative estimate of drug-likeness (QED) is 0.758. The Kier molecular flexibility index (Phi) is 3.04. The Morgan fingerprint density at radius 2 is 2.19 bits per heavy atom. The van der Waals surface area contributed by atoms with E-state index >= 15 is 0 Å². The molecule has 2 rings (SSSR count). The molecule has 0 amide bonds. The van der Waals surface area contributed by atoms with Crippen LogP contribution in [0.15, 0.2) is 36.8 Å². The molecule has 0 atom stereocenters. The average Bonchev–Trinajstić information content (AvgIpc) is 2.29. The lowest BCUT2D eigenvalue weighted by Crippen LogP contribution is -2.70. The van der Waals surface area contributed by atoms with Crippen molar-refractivity contribution in [3.05, 3.63) is 47.8 Å². The molecule has 6 heteroatoms. The monoisotopic (exact) mass is 220 g/mol. The van der Waals surface area contributed by atoms with Gasteiger partial charge >= 0.3 is 0 Å². The van der Waals surface area contributed by atoms with Gasteiger partial charge in [0.1, 0.15) is 17.3 Å². The van der Waals surface area contributed by atoms with Crippen LogP contribution in [-0.4, -0.2) is 9.97 Å². The Labute approximate surface area is 90.9 Å². The van der Waals surface area contributed by atoms with Crippen LogP contribution in [0.2, 0.25) is 0 Å². The molecule has 16 heavy (non-hydrogen) atoms. The molecule has 0 fully saturated rings. The van der Waals surface area contributed by atoms with Crippen molar-refractivity contribution in [2.24, 2.45) is 0 Å². The fraction of sp³-hybridized carbons (Fsp3) is 0. The topological polar surface area (TPSA) is 77.5 Å². The standard InChI is InChI=1S/C10H9FN4O/c11-7-3-9(6-12-5-7)14-10-4-8(15-16)1-2-13-10/h1-6H,15H2,(H,13,14). The Balaban J connectivity index is 2.20. The molecule has 82 valence electrons. The van der Waals surface area contributed by atoms with Crippen LogP contribution in [0, 0.1) is 11.0 Å². The van der Waals surface area contributed by atoms with Gasteiger partial charge in [0.25, 0.3) is 0 Å². The number of anilines is 2. The highest BCUT2D eigenvalue weighted by Crippen LogP contribution is 2.15. The molecule has 0 aliphatic rings. The second-order valence-electron chi connectivity index (χ2n) is 3.11. The number of nitrogens with two attached hydrogens (primary N) is 1. The number of hydrogen-bond acceptors (Lipinski definition) is 4. The zero-order valence-electron chi connectivity index (χ0n) is 8.22. The van der Waals surface area contributed by atoms with Gasteiger partial charge in [-0.2, -0.15) is 0 Å². The maximum absolute atomic E-state index is 12.8. The summed E-state index contributed by atoms with van der Waals surface area (Å²) in [5, 5.41) is 13.4. The molecular weight excluding hydrogens is 211 g/mol. The first-order chi connectivity index (χ1) is 7.78. The van der Waals surface area contributed by atoms with Crippen LogP contribution < -0.4 is 10.8 Å². The summed E-state index contributed by atoms with van der Waals surface area (Å²) in [4.78, 5) is 7.68. The molecule has 0 unspecified atom stereocenters. The molecular formula is C10H9FN4O. The van der Waals surface area contributed by atoms with Gasteiger partial charge in [0.05, 0.1) is 18.1 Å². The fourth-order valence-corrected chi connectivity index (χ4v) is 1.22. The molecule has 0 saturated carbocycles. The molecule has 2 aromatic rings. The number of halogens is 1. The maximum Gasteiger partial charge on any atom is 0.143 e. The molecule has 0 aromatic carbocycles. The highest BCUT2D eigenvalue weighted by Gasteiger charge is 2.00. The molecule has 2 heterocycles. The van der Waals surface area contributed by atoms with Gasteiger partial charge in [-0.1, -0.05) is 0 Å². The van der Waals surface area contributed by atoms with E-state index in [9.17, 15) is 9.60 Å². The van der Waals surface area contributed by atoms with E-state index in [0.29, 0.717) is 17.2 Å². The third-order valence-corrected chi connectivity index (χ3v) is 1.90. The van der Waals surface area contributed by atoms with Crippen LogP contribution in [0.25, 0.3) is 0 Å². The lowest BCUT2D eigenvalue weighted by Gasteiger charge is -2.06. The van der Waals surface area contributed by atoms with Crippen molar-refractivity contribution in [2.45, 2.75) is 0 Å². The summed E-state index contributed by atoms with van der Waals surface area (Å²) in [6, 6.07) is 4.45. The van der Waals surface area contributed by atoms with Crippen LogP contribution in [0.5, 0.6) is 0 Å². The normalized spacial score (nSPS) is 10.1. The number of nitrogens with zero attached hydrogens (tertiary/aromatic N) is 2. The summed E-state index contributed by atoms with van der Waals surface area (Å²) in [5.41, 5.74) is 1.70. The lowest BCUT2D eigenvalue weighted by molar-refractivity contribution is -0.497. The van der Waals surface area contributed by atoms with Crippen molar-refractivity contribution in [1.29, 1.82) is 0 Å². The number of rotatable bonds is 3. The Morgan fingerprint density at radius 3 is 2.94 bits per heavy atom.